The summed E-state index contributed by atoms with van der Waals surface area (Å²) in [6, 6.07) is 12.2. The summed E-state index contributed by atoms with van der Waals surface area (Å²) in [5, 5.41) is 3.45. The van der Waals surface area contributed by atoms with Crippen LogP contribution >= 0.6 is 11.6 Å². The number of amides is 1. The minimum Gasteiger partial charge on any atom is -0.486 e. The number of aryl methyl sites for hydroxylation is 1. The van der Waals surface area contributed by atoms with Crippen molar-refractivity contribution in [2.24, 2.45) is 0 Å². The number of halogens is 1. The minimum absolute atomic E-state index is 0.121. The molecule has 0 aliphatic carbocycles. The topological polar surface area (TPSA) is 54.0 Å². The fraction of sp³-hybridized carbons (Fsp3) is 0.375. The summed E-state index contributed by atoms with van der Waals surface area (Å²) in [5.74, 6) is 1.06. The second-order valence-electron chi connectivity index (χ2n) is 7.82. The molecular weight excluding hydrogens is 414 g/mol. The molecule has 0 unspecified atom stereocenters. The van der Waals surface area contributed by atoms with Crippen molar-refractivity contribution in [2.75, 3.05) is 57.4 Å². The van der Waals surface area contributed by atoms with E-state index in [0.29, 0.717) is 36.3 Å². The highest BCUT2D eigenvalue weighted by atomic mass is 35.5. The lowest BCUT2D eigenvalue weighted by atomic mass is 10.1. The van der Waals surface area contributed by atoms with Gasteiger partial charge in [0.25, 0.3) is 0 Å². The van der Waals surface area contributed by atoms with Crippen LogP contribution in [0.3, 0.4) is 0 Å². The summed E-state index contributed by atoms with van der Waals surface area (Å²) in [5.41, 5.74) is 3.38. The Morgan fingerprint density at radius 1 is 1.13 bits per heavy atom. The Bertz CT molecular complexity index is 955. The van der Waals surface area contributed by atoms with Gasteiger partial charge < -0.3 is 19.7 Å². The Kier molecular flexibility index (Phi) is 6.99. The van der Waals surface area contributed by atoms with Crippen LogP contribution in [-0.4, -0.2) is 63.3 Å². The van der Waals surface area contributed by atoms with E-state index in [-0.39, 0.29) is 5.91 Å². The van der Waals surface area contributed by atoms with Crippen LogP contribution in [0, 0.1) is 6.92 Å². The van der Waals surface area contributed by atoms with Crippen LogP contribution < -0.4 is 19.7 Å². The lowest BCUT2D eigenvalue weighted by Gasteiger charge is -2.36. The molecule has 0 bridgehead atoms. The van der Waals surface area contributed by atoms with Crippen LogP contribution in [0.2, 0.25) is 5.02 Å². The van der Waals surface area contributed by atoms with Gasteiger partial charge in [-0.1, -0.05) is 23.7 Å². The SMILES string of the molecule is Cc1cccc(N2CCN(CCNC(=O)/C=C/c3cc(Cl)c4c(c3)OCCO4)CC2)c1. The number of rotatable bonds is 6. The van der Waals surface area contributed by atoms with Gasteiger partial charge in [0.05, 0.1) is 5.02 Å². The average Bonchev–Trinajstić information content (AvgIpc) is 2.78. The zero-order valence-electron chi connectivity index (χ0n) is 17.8. The second-order valence-corrected chi connectivity index (χ2v) is 8.23. The summed E-state index contributed by atoms with van der Waals surface area (Å²) in [6.07, 6.45) is 3.26. The molecule has 0 aromatic heterocycles. The minimum atomic E-state index is -0.121. The van der Waals surface area contributed by atoms with E-state index in [0.717, 1.165) is 38.3 Å². The third-order valence-corrected chi connectivity index (χ3v) is 5.79. The molecule has 0 saturated carbocycles. The first-order valence-electron chi connectivity index (χ1n) is 10.7. The molecule has 1 N–H and O–H groups in total. The number of fused-ring (bicyclic) bond motifs is 1. The molecule has 2 heterocycles. The molecule has 2 aliphatic heterocycles. The third kappa shape index (κ3) is 5.71. The highest BCUT2D eigenvalue weighted by Gasteiger charge is 2.17. The van der Waals surface area contributed by atoms with Gasteiger partial charge in [-0.3, -0.25) is 9.69 Å². The predicted molar refractivity (Wildman–Crippen MR) is 124 cm³/mol. The maximum Gasteiger partial charge on any atom is 0.244 e. The zero-order chi connectivity index (χ0) is 21.6. The van der Waals surface area contributed by atoms with Crippen LogP contribution in [-0.2, 0) is 4.79 Å². The maximum atomic E-state index is 12.2. The van der Waals surface area contributed by atoms with E-state index in [1.165, 1.54) is 17.3 Å². The van der Waals surface area contributed by atoms with E-state index in [4.69, 9.17) is 21.1 Å². The number of piperazine rings is 1. The molecular formula is C24H28ClN3O3. The average molecular weight is 442 g/mol. The number of benzene rings is 2. The molecule has 2 aromatic rings. The summed E-state index contributed by atoms with van der Waals surface area (Å²) in [6.45, 7) is 8.57. The van der Waals surface area contributed by atoms with Gasteiger partial charge in [0.2, 0.25) is 5.91 Å². The number of ether oxygens (including phenoxy) is 2. The van der Waals surface area contributed by atoms with Crippen molar-refractivity contribution in [3.05, 3.63) is 58.6 Å². The molecule has 2 aromatic carbocycles. The Hall–Kier alpha value is -2.70. The number of carbonyl (C=O) groups excluding carboxylic acids is 1. The molecule has 0 spiro atoms. The summed E-state index contributed by atoms with van der Waals surface area (Å²) in [4.78, 5) is 17.0. The largest absolute Gasteiger partial charge is 0.486 e. The van der Waals surface area contributed by atoms with Crippen molar-refractivity contribution < 1.29 is 14.3 Å². The van der Waals surface area contributed by atoms with Crippen LogP contribution in [0.25, 0.3) is 6.08 Å². The van der Waals surface area contributed by atoms with Crippen LogP contribution in [0.1, 0.15) is 11.1 Å². The van der Waals surface area contributed by atoms with Crippen molar-refractivity contribution in [3.63, 3.8) is 0 Å². The van der Waals surface area contributed by atoms with Gasteiger partial charge in [0.15, 0.2) is 11.5 Å². The van der Waals surface area contributed by atoms with Gasteiger partial charge in [-0.25, -0.2) is 0 Å². The van der Waals surface area contributed by atoms with Crippen molar-refractivity contribution in [1.29, 1.82) is 0 Å². The van der Waals surface area contributed by atoms with Crippen molar-refractivity contribution in [3.8, 4) is 11.5 Å². The van der Waals surface area contributed by atoms with Crippen LogP contribution in [0.15, 0.2) is 42.5 Å². The van der Waals surface area contributed by atoms with Gasteiger partial charge in [-0.15, -0.1) is 0 Å². The molecule has 31 heavy (non-hydrogen) atoms. The summed E-state index contributed by atoms with van der Waals surface area (Å²) < 4.78 is 11.1. The molecule has 1 amide bonds. The highest BCUT2D eigenvalue weighted by molar-refractivity contribution is 6.32. The number of nitrogens with zero attached hydrogens (tertiary/aromatic N) is 2. The van der Waals surface area contributed by atoms with Crippen molar-refractivity contribution >= 4 is 29.3 Å². The molecule has 164 valence electrons. The smallest absolute Gasteiger partial charge is 0.244 e. The van der Waals surface area contributed by atoms with Gasteiger partial charge >= 0.3 is 0 Å². The molecule has 0 atom stereocenters. The van der Waals surface area contributed by atoms with E-state index in [1.54, 1.807) is 12.1 Å². The fourth-order valence-corrected chi connectivity index (χ4v) is 4.12. The predicted octanol–water partition coefficient (Wildman–Crippen LogP) is 3.37. The molecule has 7 heteroatoms. The first kappa shape index (κ1) is 21.5. The first-order valence-corrected chi connectivity index (χ1v) is 11.1. The molecule has 4 rings (SSSR count). The zero-order valence-corrected chi connectivity index (χ0v) is 18.5. The van der Waals surface area contributed by atoms with Gasteiger partial charge in [-0.2, -0.15) is 0 Å². The second kappa shape index (κ2) is 10.1. The van der Waals surface area contributed by atoms with E-state index >= 15 is 0 Å². The molecule has 1 saturated heterocycles. The van der Waals surface area contributed by atoms with Crippen LogP contribution in [0.5, 0.6) is 11.5 Å². The Labute approximate surface area is 188 Å². The first-order chi connectivity index (χ1) is 15.1. The van der Waals surface area contributed by atoms with E-state index in [2.05, 4.69) is 46.3 Å². The third-order valence-electron chi connectivity index (χ3n) is 5.51. The lowest BCUT2D eigenvalue weighted by molar-refractivity contribution is -0.116. The standard InChI is InChI=1S/C24H28ClN3O3/c1-18-3-2-4-20(15-18)28-11-9-27(10-12-28)8-7-26-23(29)6-5-19-16-21(25)24-22(17-19)30-13-14-31-24/h2-6,15-17H,7-14H2,1H3,(H,26,29)/b6-5+. The Morgan fingerprint density at radius 3 is 2.74 bits per heavy atom. The fourth-order valence-electron chi connectivity index (χ4n) is 3.85. The number of nitrogens with one attached hydrogen (secondary N) is 1. The Balaban J connectivity index is 1.20. The van der Waals surface area contributed by atoms with Gasteiger partial charge in [0.1, 0.15) is 13.2 Å². The van der Waals surface area contributed by atoms with Crippen LogP contribution in [0.4, 0.5) is 5.69 Å². The highest BCUT2D eigenvalue weighted by Crippen LogP contribution is 2.38. The number of carbonyl (C=O) groups is 1. The normalized spacial score (nSPS) is 16.5. The Morgan fingerprint density at radius 2 is 1.94 bits per heavy atom. The van der Waals surface area contributed by atoms with Crippen molar-refractivity contribution in [1.82, 2.24) is 10.2 Å². The quantitative estimate of drug-likeness (QED) is 0.696. The molecule has 6 nitrogen and oxygen atoms in total. The van der Waals surface area contributed by atoms with Gasteiger partial charge in [0, 0.05) is 51.0 Å². The van der Waals surface area contributed by atoms with E-state index in [1.807, 2.05) is 6.07 Å². The monoisotopic (exact) mass is 441 g/mol. The molecule has 1 fully saturated rings. The molecule has 0 radical (unpaired) electrons. The maximum absolute atomic E-state index is 12.2. The van der Waals surface area contributed by atoms with Crippen molar-refractivity contribution in [2.45, 2.75) is 6.92 Å². The van der Waals surface area contributed by atoms with E-state index < -0.39 is 0 Å². The molecule has 2 aliphatic rings. The van der Waals surface area contributed by atoms with Gasteiger partial charge in [-0.05, 0) is 48.4 Å². The lowest BCUT2D eigenvalue weighted by Crippen LogP contribution is -2.48. The summed E-state index contributed by atoms with van der Waals surface area (Å²) >= 11 is 6.24. The number of hydrogen-bond donors (Lipinski definition) is 1. The number of anilines is 1. The summed E-state index contributed by atoms with van der Waals surface area (Å²) in [7, 11) is 0. The number of hydrogen-bond acceptors (Lipinski definition) is 5. The van der Waals surface area contributed by atoms with E-state index in [9.17, 15) is 4.79 Å².